The lowest BCUT2D eigenvalue weighted by atomic mass is 10.2. The van der Waals surface area contributed by atoms with Crippen LogP contribution in [0, 0.1) is 0 Å². The van der Waals surface area contributed by atoms with Crippen molar-refractivity contribution in [3.8, 4) is 5.75 Å². The maximum atomic E-state index is 12.3. The Balaban J connectivity index is 1.79. The molecule has 1 amide bonds. The fourth-order valence-corrected chi connectivity index (χ4v) is 2.87. The number of imidazole rings is 1. The molecule has 1 aromatic carbocycles. The van der Waals surface area contributed by atoms with E-state index in [1.807, 2.05) is 31.3 Å². The van der Waals surface area contributed by atoms with Crippen molar-refractivity contribution in [2.45, 2.75) is 13.5 Å². The summed E-state index contributed by atoms with van der Waals surface area (Å²) >= 11 is 0. The Hall–Kier alpha value is -2.74. The van der Waals surface area contributed by atoms with Gasteiger partial charge in [0.1, 0.15) is 19.0 Å². The Labute approximate surface area is 152 Å². The van der Waals surface area contributed by atoms with Gasteiger partial charge in [-0.15, -0.1) is 0 Å². The highest BCUT2D eigenvalue weighted by atomic mass is 16.6. The van der Waals surface area contributed by atoms with Crippen LogP contribution < -0.4 is 14.5 Å². The fraction of sp³-hybridized carbons (Fsp3) is 0.444. The molecule has 0 saturated heterocycles. The summed E-state index contributed by atoms with van der Waals surface area (Å²) in [4.78, 5) is 23.4. The third-order valence-electron chi connectivity index (χ3n) is 4.17. The minimum atomic E-state index is -0.389. The van der Waals surface area contributed by atoms with Crippen LogP contribution in [-0.2, 0) is 16.0 Å². The monoisotopic (exact) mass is 360 g/mol. The number of aromatic amines is 1. The molecule has 0 saturated carbocycles. The van der Waals surface area contributed by atoms with Gasteiger partial charge in [-0.25, -0.2) is 9.78 Å². The topological polar surface area (TPSA) is 79.9 Å². The lowest BCUT2D eigenvalue weighted by Crippen LogP contribution is -2.34. The van der Waals surface area contributed by atoms with Crippen molar-refractivity contribution in [2.75, 3.05) is 49.8 Å². The van der Waals surface area contributed by atoms with Gasteiger partial charge in [-0.1, -0.05) is 0 Å². The summed E-state index contributed by atoms with van der Waals surface area (Å²) in [6.07, 6.45) is 3.16. The van der Waals surface area contributed by atoms with Crippen LogP contribution >= 0.6 is 0 Å². The number of amides is 1. The summed E-state index contributed by atoms with van der Waals surface area (Å²) in [5.74, 6) is 0.805. The Kier molecular flexibility index (Phi) is 5.96. The molecule has 2 aromatic rings. The molecule has 3 rings (SSSR count). The average Bonchev–Trinajstić information content (AvgIpc) is 3.16. The molecular formula is C18H24N4O4. The smallest absolute Gasteiger partial charge is 0.414 e. The molecule has 140 valence electrons. The van der Waals surface area contributed by atoms with Gasteiger partial charge in [0, 0.05) is 25.5 Å². The molecule has 2 heterocycles. The number of anilines is 2. The third kappa shape index (κ3) is 4.08. The Morgan fingerprint density at radius 3 is 3.04 bits per heavy atom. The van der Waals surface area contributed by atoms with Crippen LogP contribution in [0.4, 0.5) is 16.2 Å². The second-order valence-electron chi connectivity index (χ2n) is 5.83. The first-order chi connectivity index (χ1) is 12.7. The number of carbonyl (C=O) groups is 1. The Bertz CT molecular complexity index is 720. The highest BCUT2D eigenvalue weighted by Gasteiger charge is 2.22. The van der Waals surface area contributed by atoms with Gasteiger partial charge in [-0.3, -0.25) is 4.90 Å². The Morgan fingerprint density at radius 2 is 2.31 bits per heavy atom. The number of H-pyrrole nitrogens is 1. The molecular weight excluding hydrogens is 336 g/mol. The summed E-state index contributed by atoms with van der Waals surface area (Å²) in [5, 5.41) is 0. The van der Waals surface area contributed by atoms with E-state index in [0.717, 1.165) is 29.4 Å². The summed E-state index contributed by atoms with van der Waals surface area (Å²) in [7, 11) is 1.57. The number of nitrogens with one attached hydrogen (secondary N) is 1. The molecule has 0 fully saturated rings. The van der Waals surface area contributed by atoms with E-state index in [4.69, 9.17) is 14.2 Å². The predicted octanol–water partition coefficient (Wildman–Crippen LogP) is 2.42. The van der Waals surface area contributed by atoms with E-state index in [-0.39, 0.29) is 12.7 Å². The van der Waals surface area contributed by atoms with Crippen LogP contribution in [0.2, 0.25) is 0 Å². The zero-order valence-corrected chi connectivity index (χ0v) is 15.1. The number of aromatic nitrogens is 2. The van der Waals surface area contributed by atoms with Crippen molar-refractivity contribution in [3.63, 3.8) is 0 Å². The molecule has 0 spiro atoms. The lowest BCUT2D eigenvalue weighted by Gasteiger charge is -2.32. The van der Waals surface area contributed by atoms with Crippen LogP contribution in [0.5, 0.6) is 5.75 Å². The fourth-order valence-electron chi connectivity index (χ4n) is 2.87. The van der Waals surface area contributed by atoms with Gasteiger partial charge in [0.2, 0.25) is 0 Å². The highest BCUT2D eigenvalue weighted by Crippen LogP contribution is 2.36. The third-order valence-corrected chi connectivity index (χ3v) is 4.17. The molecule has 8 heteroatoms. The molecule has 26 heavy (non-hydrogen) atoms. The number of hydrogen-bond donors (Lipinski definition) is 1. The van der Waals surface area contributed by atoms with Crippen molar-refractivity contribution in [1.82, 2.24) is 9.97 Å². The largest absolute Gasteiger partial charge is 0.490 e. The second-order valence-corrected chi connectivity index (χ2v) is 5.83. The summed E-state index contributed by atoms with van der Waals surface area (Å²) in [6, 6.07) is 5.73. The first-order valence-corrected chi connectivity index (χ1v) is 8.65. The number of fused-ring (bicyclic) bond motifs is 1. The molecule has 0 bridgehead atoms. The SMILES string of the molecule is CCN(C(=O)OCCOC)c1ccc2c(c1)N(Cc1c[nH]cn1)CCO2. The molecule has 8 nitrogen and oxygen atoms in total. The normalized spacial score (nSPS) is 13.1. The van der Waals surface area contributed by atoms with Gasteiger partial charge < -0.3 is 24.1 Å². The van der Waals surface area contributed by atoms with E-state index < -0.39 is 0 Å². The summed E-state index contributed by atoms with van der Waals surface area (Å²) in [6.45, 7) is 5.07. The van der Waals surface area contributed by atoms with Gasteiger partial charge in [0.05, 0.1) is 37.4 Å². The maximum Gasteiger partial charge on any atom is 0.414 e. The van der Waals surface area contributed by atoms with Crippen molar-refractivity contribution in [2.24, 2.45) is 0 Å². The standard InChI is InChI=1S/C18H24N4O4/c1-3-22(18(23)26-9-8-24-2)15-4-5-17-16(10-15)21(6-7-25-17)12-14-11-19-13-20-14/h4-5,10-11,13H,3,6-9,12H2,1-2H3,(H,19,20). The number of nitrogens with zero attached hydrogens (tertiary/aromatic N) is 3. The molecule has 1 aliphatic rings. The molecule has 1 aromatic heterocycles. The van der Waals surface area contributed by atoms with Gasteiger partial charge in [-0.05, 0) is 25.1 Å². The van der Waals surface area contributed by atoms with E-state index in [0.29, 0.717) is 26.3 Å². The van der Waals surface area contributed by atoms with Gasteiger partial charge >= 0.3 is 6.09 Å². The lowest BCUT2D eigenvalue weighted by molar-refractivity contribution is 0.103. The quantitative estimate of drug-likeness (QED) is 0.764. The number of methoxy groups -OCH3 is 1. The molecule has 0 atom stereocenters. The van der Waals surface area contributed by atoms with Crippen LogP contribution in [-0.4, -0.2) is 56.1 Å². The average molecular weight is 360 g/mol. The van der Waals surface area contributed by atoms with E-state index >= 15 is 0 Å². The van der Waals surface area contributed by atoms with Crippen molar-refractivity contribution in [1.29, 1.82) is 0 Å². The number of rotatable bonds is 7. The minimum Gasteiger partial charge on any atom is -0.490 e. The number of carbonyl (C=O) groups excluding carboxylic acids is 1. The Morgan fingerprint density at radius 1 is 1.42 bits per heavy atom. The zero-order chi connectivity index (χ0) is 18.4. The first-order valence-electron chi connectivity index (χ1n) is 8.65. The maximum absolute atomic E-state index is 12.3. The van der Waals surface area contributed by atoms with Crippen molar-refractivity contribution in [3.05, 3.63) is 36.4 Å². The van der Waals surface area contributed by atoms with Crippen LogP contribution in [0.3, 0.4) is 0 Å². The number of benzene rings is 1. The summed E-state index contributed by atoms with van der Waals surface area (Å²) in [5.41, 5.74) is 2.67. The van der Waals surface area contributed by atoms with E-state index in [2.05, 4.69) is 14.9 Å². The number of hydrogen-bond acceptors (Lipinski definition) is 6. The molecule has 1 aliphatic heterocycles. The van der Waals surface area contributed by atoms with Gasteiger partial charge in [0.15, 0.2) is 0 Å². The molecule has 0 radical (unpaired) electrons. The molecule has 1 N–H and O–H groups in total. The van der Waals surface area contributed by atoms with E-state index in [9.17, 15) is 4.79 Å². The van der Waals surface area contributed by atoms with Crippen LogP contribution in [0.1, 0.15) is 12.6 Å². The zero-order valence-electron chi connectivity index (χ0n) is 15.1. The highest BCUT2D eigenvalue weighted by molar-refractivity contribution is 5.89. The number of ether oxygens (including phenoxy) is 3. The molecule has 0 aliphatic carbocycles. The van der Waals surface area contributed by atoms with Crippen LogP contribution in [0.15, 0.2) is 30.7 Å². The van der Waals surface area contributed by atoms with Gasteiger partial charge in [-0.2, -0.15) is 0 Å². The minimum absolute atomic E-state index is 0.227. The molecule has 0 unspecified atom stereocenters. The summed E-state index contributed by atoms with van der Waals surface area (Å²) < 4.78 is 15.9. The van der Waals surface area contributed by atoms with Crippen molar-refractivity contribution < 1.29 is 19.0 Å². The van der Waals surface area contributed by atoms with Crippen molar-refractivity contribution >= 4 is 17.5 Å². The van der Waals surface area contributed by atoms with E-state index in [1.54, 1.807) is 18.3 Å². The second kappa shape index (κ2) is 8.57. The first kappa shape index (κ1) is 18.1. The van der Waals surface area contributed by atoms with Crippen LogP contribution in [0.25, 0.3) is 0 Å². The van der Waals surface area contributed by atoms with E-state index in [1.165, 1.54) is 0 Å². The predicted molar refractivity (Wildman–Crippen MR) is 97.8 cm³/mol. The van der Waals surface area contributed by atoms with Gasteiger partial charge in [0.25, 0.3) is 0 Å².